The summed E-state index contributed by atoms with van der Waals surface area (Å²) < 4.78 is 30.8. The van der Waals surface area contributed by atoms with E-state index >= 15 is 0 Å². The molecule has 132 valence electrons. The van der Waals surface area contributed by atoms with Gasteiger partial charge in [0.1, 0.15) is 0 Å². The molecule has 1 heterocycles. The third-order valence-corrected chi connectivity index (χ3v) is 10.0. The first-order valence-electron chi connectivity index (χ1n) is 8.85. The van der Waals surface area contributed by atoms with E-state index in [4.69, 9.17) is 3.63 Å². The van der Waals surface area contributed by atoms with E-state index in [0.717, 1.165) is 48.5 Å². The fraction of sp³-hybridized carbons (Fsp3) is 0.667. The zero-order valence-electron chi connectivity index (χ0n) is 14.2. The first-order valence-corrected chi connectivity index (χ1v) is 12.3. The number of unbranched alkanes of at least 4 members (excludes halogenated alkanes) is 5. The number of hydrogen-bond acceptors (Lipinski definition) is 3. The number of benzene rings is 1. The molecular weight excluding hydrogens is 328 g/mol. The van der Waals surface area contributed by atoms with Crippen LogP contribution in [0.3, 0.4) is 0 Å². The largest absolute Gasteiger partial charge is 0.276 e. The summed E-state index contributed by atoms with van der Waals surface area (Å²) in [7, 11) is -5.06. The second-order valence-corrected chi connectivity index (χ2v) is 11.3. The lowest BCUT2D eigenvalue weighted by Crippen LogP contribution is -2.17. The van der Waals surface area contributed by atoms with Gasteiger partial charge in [0.25, 0.3) is 10.1 Å². The van der Waals surface area contributed by atoms with Gasteiger partial charge >= 0.3 is 0 Å². The Bertz CT molecular complexity index is 549. The summed E-state index contributed by atoms with van der Waals surface area (Å²) in [5, 5.41) is 0. The van der Waals surface area contributed by atoms with E-state index in [2.05, 4.69) is 6.92 Å². The van der Waals surface area contributed by atoms with Crippen LogP contribution in [0, 0.1) is 0 Å². The maximum Gasteiger partial charge on any atom is 0.276 e. The van der Waals surface area contributed by atoms with E-state index in [0.29, 0.717) is 0 Å². The highest BCUT2D eigenvalue weighted by Crippen LogP contribution is 2.62. The monoisotopic (exact) mass is 358 g/mol. The lowest BCUT2D eigenvalue weighted by atomic mass is 10.1. The maximum absolute atomic E-state index is 12.5. The van der Waals surface area contributed by atoms with Crippen molar-refractivity contribution in [3.05, 3.63) is 30.3 Å². The zero-order chi connectivity index (χ0) is 16.6. The van der Waals surface area contributed by atoms with Gasteiger partial charge in [-0.05, 0) is 31.4 Å². The average Bonchev–Trinajstić information content (AvgIpc) is 3.00. The van der Waals surface area contributed by atoms with Crippen LogP contribution in [-0.4, -0.2) is 25.7 Å². The topological polar surface area (TPSA) is 43.4 Å². The molecule has 0 N–H and O–H groups in total. The third kappa shape index (κ3) is 5.80. The van der Waals surface area contributed by atoms with Crippen LogP contribution >= 0.6 is 10.3 Å². The fourth-order valence-corrected chi connectivity index (χ4v) is 9.02. The summed E-state index contributed by atoms with van der Waals surface area (Å²) in [5.41, 5.74) is 0. The van der Waals surface area contributed by atoms with Crippen LogP contribution in [0.2, 0.25) is 0 Å². The third-order valence-electron chi connectivity index (χ3n) is 4.35. The molecule has 0 aromatic heterocycles. The van der Waals surface area contributed by atoms with E-state index in [9.17, 15) is 8.42 Å². The SMILES string of the molecule is CCCCCCCCS(=O)(=O)OS1(c2ccccc2)CCCC1. The minimum absolute atomic E-state index is 0.167. The molecule has 1 aliphatic heterocycles. The van der Waals surface area contributed by atoms with E-state index in [1.165, 1.54) is 19.3 Å². The normalized spacial score (nSPS) is 18.8. The van der Waals surface area contributed by atoms with Gasteiger partial charge in [-0.2, -0.15) is 8.42 Å². The van der Waals surface area contributed by atoms with Gasteiger partial charge < -0.3 is 0 Å². The lowest BCUT2D eigenvalue weighted by Gasteiger charge is -2.34. The van der Waals surface area contributed by atoms with Crippen molar-refractivity contribution < 1.29 is 12.0 Å². The van der Waals surface area contributed by atoms with Crippen molar-refractivity contribution in [1.29, 1.82) is 0 Å². The van der Waals surface area contributed by atoms with Crippen LogP contribution in [0.25, 0.3) is 0 Å². The van der Waals surface area contributed by atoms with Crippen molar-refractivity contribution in [2.45, 2.75) is 63.2 Å². The molecule has 0 amide bonds. The molecule has 1 aliphatic rings. The van der Waals surface area contributed by atoms with Crippen LogP contribution in [0.15, 0.2) is 35.2 Å². The Hall–Kier alpha value is -0.520. The van der Waals surface area contributed by atoms with Crippen molar-refractivity contribution in [2.24, 2.45) is 0 Å². The summed E-state index contributed by atoms with van der Waals surface area (Å²) in [6.07, 6.45) is 8.62. The van der Waals surface area contributed by atoms with Gasteiger partial charge in [-0.25, -0.2) is 3.63 Å². The molecule has 0 bridgehead atoms. The summed E-state index contributed by atoms with van der Waals surface area (Å²) in [4.78, 5) is 1.09. The Kier molecular flexibility index (Phi) is 7.44. The summed E-state index contributed by atoms with van der Waals surface area (Å²) in [6, 6.07) is 9.98. The lowest BCUT2D eigenvalue weighted by molar-refractivity contribution is 0.504. The number of hydrogen-bond donors (Lipinski definition) is 0. The predicted molar refractivity (Wildman–Crippen MR) is 99.5 cm³/mol. The minimum atomic E-state index is -3.43. The summed E-state index contributed by atoms with van der Waals surface area (Å²) in [5.74, 6) is 1.93. The molecular formula is C18H30O3S2. The standard InChI is InChI=1S/C18H30O3S2/c1-2-3-4-5-6-10-17-23(19,20)21-22(15-11-12-16-22)18-13-8-7-9-14-18/h7-9,13-14H,2-6,10-12,15-17H2,1H3. The molecule has 0 atom stereocenters. The Labute approximate surface area is 143 Å². The molecule has 0 unspecified atom stereocenters. The van der Waals surface area contributed by atoms with Crippen LogP contribution in [0.5, 0.6) is 0 Å². The molecule has 1 fully saturated rings. The Morgan fingerprint density at radius 2 is 1.57 bits per heavy atom. The van der Waals surface area contributed by atoms with Crippen LogP contribution in [0.1, 0.15) is 58.3 Å². The summed E-state index contributed by atoms with van der Waals surface area (Å²) >= 11 is 0. The van der Waals surface area contributed by atoms with Gasteiger partial charge in [0.15, 0.2) is 0 Å². The summed E-state index contributed by atoms with van der Waals surface area (Å²) in [6.45, 7) is 2.19. The molecule has 2 rings (SSSR count). The van der Waals surface area contributed by atoms with Crippen LogP contribution < -0.4 is 0 Å². The predicted octanol–water partition coefficient (Wildman–Crippen LogP) is 5.27. The molecule has 1 aromatic carbocycles. The Morgan fingerprint density at radius 1 is 0.957 bits per heavy atom. The van der Waals surface area contributed by atoms with E-state index in [1.54, 1.807) is 0 Å². The van der Waals surface area contributed by atoms with E-state index in [-0.39, 0.29) is 5.75 Å². The smallest absolute Gasteiger partial charge is 0.216 e. The molecule has 5 heteroatoms. The Morgan fingerprint density at radius 3 is 2.22 bits per heavy atom. The van der Waals surface area contributed by atoms with Crippen molar-refractivity contribution in [2.75, 3.05) is 17.3 Å². The molecule has 3 nitrogen and oxygen atoms in total. The minimum Gasteiger partial charge on any atom is -0.216 e. The van der Waals surface area contributed by atoms with Gasteiger partial charge in [0.05, 0.1) is 5.75 Å². The Balaban J connectivity index is 1.92. The van der Waals surface area contributed by atoms with E-state index < -0.39 is 20.4 Å². The molecule has 0 aliphatic carbocycles. The first kappa shape index (κ1) is 18.8. The van der Waals surface area contributed by atoms with Gasteiger partial charge in [0.2, 0.25) is 0 Å². The van der Waals surface area contributed by atoms with Gasteiger partial charge in [-0.3, -0.25) is 0 Å². The first-order chi connectivity index (χ1) is 11.1. The van der Waals surface area contributed by atoms with Gasteiger partial charge in [-0.15, -0.1) is 0 Å². The molecule has 1 saturated heterocycles. The van der Waals surface area contributed by atoms with Gasteiger partial charge in [0, 0.05) is 16.4 Å². The highest BCUT2D eigenvalue weighted by molar-refractivity contribution is 8.33. The van der Waals surface area contributed by atoms with Crippen molar-refractivity contribution in [3.63, 3.8) is 0 Å². The molecule has 0 saturated carbocycles. The highest BCUT2D eigenvalue weighted by Gasteiger charge is 2.36. The fourth-order valence-electron chi connectivity index (χ4n) is 3.08. The zero-order valence-corrected chi connectivity index (χ0v) is 15.8. The second kappa shape index (κ2) is 9.09. The second-order valence-electron chi connectivity index (χ2n) is 6.34. The number of rotatable bonds is 10. The molecule has 23 heavy (non-hydrogen) atoms. The van der Waals surface area contributed by atoms with Crippen LogP contribution in [0.4, 0.5) is 0 Å². The highest BCUT2D eigenvalue weighted by atomic mass is 32.3. The van der Waals surface area contributed by atoms with Crippen molar-refractivity contribution in [1.82, 2.24) is 0 Å². The molecule has 0 spiro atoms. The average molecular weight is 359 g/mol. The quantitative estimate of drug-likeness (QED) is 0.535. The molecule has 1 aromatic rings. The molecule has 0 radical (unpaired) electrons. The maximum atomic E-state index is 12.5. The van der Waals surface area contributed by atoms with Crippen molar-refractivity contribution in [3.8, 4) is 0 Å². The van der Waals surface area contributed by atoms with Crippen LogP contribution in [-0.2, 0) is 13.7 Å². The van der Waals surface area contributed by atoms with Crippen molar-refractivity contribution >= 4 is 20.4 Å². The van der Waals surface area contributed by atoms with E-state index in [1.807, 2.05) is 30.3 Å². The van der Waals surface area contributed by atoms with Gasteiger partial charge in [-0.1, -0.05) is 67.5 Å².